The smallest absolute Gasteiger partial charge is 0.246 e. The maximum atomic E-state index is 12.9. The van der Waals surface area contributed by atoms with Gasteiger partial charge in [-0.25, -0.2) is 8.42 Å². The highest BCUT2D eigenvalue weighted by Gasteiger charge is 2.40. The van der Waals surface area contributed by atoms with Crippen molar-refractivity contribution in [1.29, 1.82) is 0 Å². The van der Waals surface area contributed by atoms with Gasteiger partial charge in [0.05, 0.1) is 5.69 Å². The van der Waals surface area contributed by atoms with E-state index in [2.05, 4.69) is 4.98 Å². The van der Waals surface area contributed by atoms with E-state index in [0.29, 0.717) is 12.5 Å². The molecule has 0 unspecified atom stereocenters. The van der Waals surface area contributed by atoms with Crippen molar-refractivity contribution >= 4 is 15.7 Å². The third kappa shape index (κ3) is 2.31. The van der Waals surface area contributed by atoms with Crippen LogP contribution < -0.4 is 5.73 Å². The van der Waals surface area contributed by atoms with Gasteiger partial charge in [-0.2, -0.15) is 4.31 Å². The van der Waals surface area contributed by atoms with E-state index < -0.39 is 10.0 Å². The van der Waals surface area contributed by atoms with Crippen LogP contribution in [-0.2, 0) is 10.0 Å². The van der Waals surface area contributed by atoms with E-state index in [-0.39, 0.29) is 16.6 Å². The van der Waals surface area contributed by atoms with Crippen molar-refractivity contribution in [2.75, 3.05) is 12.3 Å². The van der Waals surface area contributed by atoms with Crippen LogP contribution in [0.25, 0.3) is 0 Å². The van der Waals surface area contributed by atoms with Gasteiger partial charge < -0.3 is 5.73 Å². The van der Waals surface area contributed by atoms with E-state index in [1.165, 1.54) is 18.8 Å². The lowest BCUT2D eigenvalue weighted by Gasteiger charge is -2.43. The molecule has 1 aliphatic heterocycles. The number of nitrogens with zero attached hydrogens (tertiary/aromatic N) is 2. The van der Waals surface area contributed by atoms with Crippen LogP contribution in [0, 0.1) is 5.92 Å². The van der Waals surface area contributed by atoms with Crippen LogP contribution in [0.3, 0.4) is 0 Å². The molecule has 5 nitrogen and oxygen atoms in total. The Labute approximate surface area is 120 Å². The van der Waals surface area contributed by atoms with Crippen molar-refractivity contribution < 1.29 is 8.42 Å². The number of piperidine rings is 1. The first-order valence-electron chi connectivity index (χ1n) is 7.32. The van der Waals surface area contributed by atoms with Crippen LogP contribution >= 0.6 is 0 Å². The predicted octanol–water partition coefficient (Wildman–Crippen LogP) is 2.01. The Morgan fingerprint density at radius 2 is 1.95 bits per heavy atom. The van der Waals surface area contributed by atoms with Gasteiger partial charge in [-0.3, -0.25) is 4.98 Å². The summed E-state index contributed by atoms with van der Waals surface area (Å²) in [7, 11) is -3.52. The average Bonchev–Trinajstić information content (AvgIpc) is 2.47. The summed E-state index contributed by atoms with van der Waals surface area (Å²) in [6.07, 6.45) is 9.47. The molecule has 0 amide bonds. The van der Waals surface area contributed by atoms with Gasteiger partial charge >= 0.3 is 0 Å². The lowest BCUT2D eigenvalue weighted by atomic mass is 9.79. The molecule has 2 N–H and O–H groups in total. The minimum atomic E-state index is -3.52. The van der Waals surface area contributed by atoms with Crippen LogP contribution in [0.1, 0.15) is 38.5 Å². The summed E-state index contributed by atoms with van der Waals surface area (Å²) >= 11 is 0. The minimum absolute atomic E-state index is 0.155. The summed E-state index contributed by atoms with van der Waals surface area (Å²) < 4.78 is 27.4. The Morgan fingerprint density at radius 3 is 2.75 bits per heavy atom. The van der Waals surface area contributed by atoms with Crippen molar-refractivity contribution in [2.24, 2.45) is 5.92 Å². The highest BCUT2D eigenvalue weighted by Crippen LogP contribution is 2.38. The predicted molar refractivity (Wildman–Crippen MR) is 77.5 cm³/mol. The molecule has 1 aromatic heterocycles. The third-order valence-corrected chi connectivity index (χ3v) is 6.56. The Kier molecular flexibility index (Phi) is 3.69. The van der Waals surface area contributed by atoms with E-state index >= 15 is 0 Å². The normalized spacial score (nSPS) is 28.0. The van der Waals surface area contributed by atoms with Gasteiger partial charge in [-0.1, -0.05) is 12.8 Å². The maximum absolute atomic E-state index is 12.9. The molecule has 2 heterocycles. The molecule has 0 radical (unpaired) electrons. The van der Waals surface area contributed by atoms with Crippen molar-refractivity contribution in [1.82, 2.24) is 9.29 Å². The second-order valence-electron chi connectivity index (χ2n) is 5.78. The molecule has 2 aliphatic rings. The van der Waals surface area contributed by atoms with Crippen molar-refractivity contribution in [3.05, 3.63) is 18.5 Å². The fourth-order valence-electron chi connectivity index (χ4n) is 3.61. The summed E-state index contributed by atoms with van der Waals surface area (Å²) in [5.74, 6) is 0.519. The quantitative estimate of drug-likeness (QED) is 0.905. The minimum Gasteiger partial charge on any atom is -0.398 e. The van der Waals surface area contributed by atoms with E-state index in [1.807, 2.05) is 0 Å². The van der Waals surface area contributed by atoms with E-state index in [1.54, 1.807) is 10.4 Å². The number of nitrogen functional groups attached to an aromatic ring is 1. The molecule has 2 fully saturated rings. The van der Waals surface area contributed by atoms with Crippen LogP contribution in [0.15, 0.2) is 23.4 Å². The molecular formula is C14H21N3O2S. The number of hydrogen-bond acceptors (Lipinski definition) is 4. The van der Waals surface area contributed by atoms with Crippen LogP contribution in [0.5, 0.6) is 0 Å². The Hall–Kier alpha value is -1.14. The Morgan fingerprint density at radius 1 is 1.20 bits per heavy atom. The van der Waals surface area contributed by atoms with E-state index in [4.69, 9.17) is 5.73 Å². The number of pyridine rings is 1. The fraction of sp³-hybridized carbons (Fsp3) is 0.643. The van der Waals surface area contributed by atoms with Gasteiger partial charge in [-0.15, -0.1) is 0 Å². The Bertz CT molecular complexity index is 586. The zero-order chi connectivity index (χ0) is 14.2. The first kappa shape index (κ1) is 13.8. The van der Waals surface area contributed by atoms with Crippen LogP contribution in [0.4, 0.5) is 5.69 Å². The monoisotopic (exact) mass is 295 g/mol. The highest BCUT2D eigenvalue weighted by atomic mass is 32.2. The molecule has 3 rings (SSSR count). The van der Waals surface area contributed by atoms with E-state index in [0.717, 1.165) is 32.1 Å². The van der Waals surface area contributed by atoms with Gasteiger partial charge in [0, 0.05) is 25.0 Å². The number of fused-ring (bicyclic) bond motifs is 1. The van der Waals surface area contributed by atoms with Gasteiger partial charge in [0.15, 0.2) is 0 Å². The number of hydrogen-bond donors (Lipinski definition) is 1. The molecule has 1 aromatic rings. The summed E-state index contributed by atoms with van der Waals surface area (Å²) in [5, 5.41) is 0. The first-order valence-corrected chi connectivity index (χ1v) is 8.76. The lowest BCUT2D eigenvalue weighted by Crippen LogP contribution is -2.49. The molecule has 1 saturated heterocycles. The maximum Gasteiger partial charge on any atom is 0.246 e. The zero-order valence-corrected chi connectivity index (χ0v) is 12.3. The molecule has 1 saturated carbocycles. The number of aromatic nitrogens is 1. The molecule has 6 heteroatoms. The zero-order valence-electron chi connectivity index (χ0n) is 11.5. The van der Waals surface area contributed by atoms with Crippen LogP contribution in [-0.4, -0.2) is 30.3 Å². The number of rotatable bonds is 2. The second-order valence-corrected chi connectivity index (χ2v) is 7.64. The SMILES string of the molecule is Nc1ccncc1S(=O)(=O)N1CCC[C@H]2CCCC[C@H]21. The number of sulfonamides is 1. The van der Waals surface area contributed by atoms with Crippen molar-refractivity contribution in [3.63, 3.8) is 0 Å². The first-order chi connectivity index (χ1) is 9.60. The van der Waals surface area contributed by atoms with Crippen molar-refractivity contribution in [3.8, 4) is 0 Å². The molecule has 20 heavy (non-hydrogen) atoms. The molecule has 110 valence electrons. The van der Waals surface area contributed by atoms with Gasteiger partial charge in [0.25, 0.3) is 0 Å². The second kappa shape index (κ2) is 5.33. The number of anilines is 1. The van der Waals surface area contributed by atoms with Crippen molar-refractivity contribution in [2.45, 2.75) is 49.5 Å². The fourth-order valence-corrected chi connectivity index (χ4v) is 5.43. The third-order valence-electron chi connectivity index (χ3n) is 4.60. The molecule has 0 aromatic carbocycles. The summed E-state index contributed by atoms with van der Waals surface area (Å²) in [6.45, 7) is 0.609. The van der Waals surface area contributed by atoms with Gasteiger partial charge in [0.1, 0.15) is 4.90 Å². The molecule has 0 spiro atoms. The van der Waals surface area contributed by atoms with Crippen LogP contribution in [0.2, 0.25) is 0 Å². The van der Waals surface area contributed by atoms with Gasteiger partial charge in [0.2, 0.25) is 10.0 Å². The molecule has 1 aliphatic carbocycles. The summed E-state index contributed by atoms with van der Waals surface area (Å²) in [5.41, 5.74) is 6.13. The standard InChI is InChI=1S/C14H21N3O2S/c15-12-7-8-16-10-14(12)20(18,19)17-9-3-5-11-4-1-2-6-13(11)17/h7-8,10-11,13H,1-6,9H2,(H2,15,16)/t11-,13-/m1/s1. The molecule has 0 bridgehead atoms. The Balaban J connectivity index is 1.96. The topological polar surface area (TPSA) is 76.3 Å². The van der Waals surface area contributed by atoms with E-state index in [9.17, 15) is 8.42 Å². The molecule has 2 atom stereocenters. The summed E-state index contributed by atoms with van der Waals surface area (Å²) in [6, 6.07) is 1.71. The van der Waals surface area contributed by atoms with Gasteiger partial charge in [-0.05, 0) is 37.7 Å². The number of nitrogens with two attached hydrogens (primary N) is 1. The molecular weight excluding hydrogens is 274 g/mol. The highest BCUT2D eigenvalue weighted by molar-refractivity contribution is 7.89. The largest absolute Gasteiger partial charge is 0.398 e. The average molecular weight is 295 g/mol. The lowest BCUT2D eigenvalue weighted by molar-refractivity contribution is 0.129. The summed E-state index contributed by atoms with van der Waals surface area (Å²) in [4.78, 5) is 4.08.